The summed E-state index contributed by atoms with van der Waals surface area (Å²) in [7, 11) is 0. The molecule has 1 heterocycles. The molecule has 3 N–H and O–H groups in total. The van der Waals surface area contributed by atoms with Crippen LogP contribution in [0.3, 0.4) is 0 Å². The van der Waals surface area contributed by atoms with Gasteiger partial charge in [0.1, 0.15) is 0 Å². The second kappa shape index (κ2) is 7.13. The van der Waals surface area contributed by atoms with Crippen LogP contribution in [0, 0.1) is 23.7 Å². The first kappa shape index (κ1) is 18.8. The van der Waals surface area contributed by atoms with Gasteiger partial charge < -0.3 is 15.7 Å². The van der Waals surface area contributed by atoms with Gasteiger partial charge in [-0.25, -0.2) is 8.78 Å². The number of piperidine rings is 1. The number of halogens is 2. The van der Waals surface area contributed by atoms with Crippen molar-refractivity contribution in [2.24, 2.45) is 23.7 Å². The Bertz CT molecular complexity index is 668. The Hall–Kier alpha value is -1.53. The largest absolute Gasteiger partial charge is 0.375 e. The molecule has 4 nitrogen and oxygen atoms in total. The van der Waals surface area contributed by atoms with Gasteiger partial charge in [-0.15, -0.1) is 0 Å². The molecule has 27 heavy (non-hydrogen) atoms. The quantitative estimate of drug-likeness (QED) is 0.738. The number of carbonyl (C=O) groups excluding carboxylic acids is 1. The van der Waals surface area contributed by atoms with Crippen LogP contribution >= 0.6 is 0 Å². The van der Waals surface area contributed by atoms with E-state index >= 15 is 0 Å². The van der Waals surface area contributed by atoms with Gasteiger partial charge >= 0.3 is 0 Å². The van der Waals surface area contributed by atoms with E-state index in [1.54, 1.807) is 30.3 Å². The number of fused-ring (bicyclic) bond motifs is 2. The Balaban J connectivity index is 1.53. The number of benzene rings is 1. The van der Waals surface area contributed by atoms with Crippen LogP contribution in [-0.2, 0) is 10.4 Å². The third-order valence-corrected chi connectivity index (χ3v) is 6.99. The molecule has 1 aromatic carbocycles. The minimum absolute atomic E-state index is 0.143. The zero-order chi connectivity index (χ0) is 19.1. The van der Waals surface area contributed by atoms with Crippen LogP contribution < -0.4 is 10.6 Å². The lowest BCUT2D eigenvalue weighted by Gasteiger charge is -2.35. The molecule has 0 radical (unpaired) electrons. The number of alkyl halides is 2. The van der Waals surface area contributed by atoms with E-state index in [0.717, 1.165) is 25.9 Å². The molecular formula is C21H28F2N2O2. The predicted molar refractivity (Wildman–Crippen MR) is 98.2 cm³/mol. The van der Waals surface area contributed by atoms with Crippen molar-refractivity contribution in [2.45, 2.75) is 43.6 Å². The molecular weight excluding hydrogens is 350 g/mol. The first-order chi connectivity index (χ1) is 12.9. The maximum atomic E-state index is 13.8. The third kappa shape index (κ3) is 3.49. The van der Waals surface area contributed by atoms with E-state index in [2.05, 4.69) is 10.6 Å². The molecule has 148 valence electrons. The second-order valence-corrected chi connectivity index (χ2v) is 8.56. The van der Waals surface area contributed by atoms with E-state index in [0.29, 0.717) is 29.9 Å². The summed E-state index contributed by atoms with van der Waals surface area (Å²) in [6.45, 7) is 2.44. The van der Waals surface area contributed by atoms with E-state index in [-0.39, 0.29) is 12.8 Å². The van der Waals surface area contributed by atoms with Gasteiger partial charge in [0.2, 0.25) is 5.92 Å². The Morgan fingerprint density at radius 2 is 1.85 bits per heavy atom. The zero-order valence-electron chi connectivity index (χ0n) is 15.5. The fraction of sp³-hybridized carbons (Fsp3) is 0.667. The molecule has 1 saturated heterocycles. The highest BCUT2D eigenvalue weighted by molar-refractivity contribution is 5.86. The molecule has 2 aliphatic carbocycles. The molecule has 3 fully saturated rings. The minimum atomic E-state index is -2.82. The van der Waals surface area contributed by atoms with Gasteiger partial charge in [0, 0.05) is 25.3 Å². The number of carbonyl (C=O) groups is 1. The van der Waals surface area contributed by atoms with E-state index in [9.17, 15) is 18.7 Å². The number of rotatable bonds is 5. The molecule has 2 saturated carbocycles. The Labute approximate surface area is 158 Å². The fourth-order valence-corrected chi connectivity index (χ4v) is 5.43. The standard InChI is InChI=1S/C21H28F2N2O2/c22-20(23)9-8-17(10-20)21(27,16-4-2-1-3-5-16)19(26)25-13-18-14-6-7-15(18)12-24-11-14/h1-5,14-15,17-18,24,27H,6-13H2,(H,25,26)/t14?,15?,17-,18?,21?/m1/s1. The molecule has 4 rings (SSSR count). The van der Waals surface area contributed by atoms with Gasteiger partial charge in [-0.1, -0.05) is 30.3 Å². The summed E-state index contributed by atoms with van der Waals surface area (Å²) >= 11 is 0. The summed E-state index contributed by atoms with van der Waals surface area (Å²) in [5.74, 6) is -2.63. The SMILES string of the molecule is O=C(NCC1C2CCC1CNC2)C(O)(c1ccccc1)[C@@H]1CCC(F)(F)C1. The summed E-state index contributed by atoms with van der Waals surface area (Å²) < 4.78 is 27.7. The van der Waals surface area contributed by atoms with Gasteiger partial charge in [0.15, 0.2) is 5.60 Å². The van der Waals surface area contributed by atoms with Gasteiger partial charge in [0.25, 0.3) is 5.91 Å². The molecule has 1 aliphatic heterocycles. The number of hydrogen-bond donors (Lipinski definition) is 3. The van der Waals surface area contributed by atoms with Crippen LogP contribution in [0.4, 0.5) is 8.78 Å². The molecule has 3 unspecified atom stereocenters. The van der Waals surface area contributed by atoms with Crippen molar-refractivity contribution in [1.29, 1.82) is 0 Å². The third-order valence-electron chi connectivity index (χ3n) is 6.99. The maximum absolute atomic E-state index is 13.8. The Morgan fingerprint density at radius 1 is 1.19 bits per heavy atom. The molecule has 2 bridgehead atoms. The first-order valence-corrected chi connectivity index (χ1v) is 10.0. The highest BCUT2D eigenvalue weighted by atomic mass is 19.3. The van der Waals surface area contributed by atoms with Crippen molar-refractivity contribution >= 4 is 5.91 Å². The molecule has 1 amide bonds. The molecule has 0 spiro atoms. The molecule has 3 aliphatic rings. The fourth-order valence-electron chi connectivity index (χ4n) is 5.43. The van der Waals surface area contributed by atoms with Crippen molar-refractivity contribution < 1.29 is 18.7 Å². The Morgan fingerprint density at radius 3 is 2.44 bits per heavy atom. The van der Waals surface area contributed by atoms with Crippen LogP contribution in [0.15, 0.2) is 30.3 Å². The number of amides is 1. The maximum Gasteiger partial charge on any atom is 0.256 e. The van der Waals surface area contributed by atoms with Crippen LogP contribution in [0.5, 0.6) is 0 Å². The monoisotopic (exact) mass is 378 g/mol. The van der Waals surface area contributed by atoms with Crippen molar-refractivity contribution in [1.82, 2.24) is 10.6 Å². The average molecular weight is 378 g/mol. The minimum Gasteiger partial charge on any atom is -0.375 e. The second-order valence-electron chi connectivity index (χ2n) is 8.56. The van der Waals surface area contributed by atoms with Gasteiger partial charge in [-0.3, -0.25) is 4.79 Å². The van der Waals surface area contributed by atoms with E-state index < -0.39 is 29.8 Å². The van der Waals surface area contributed by atoms with Crippen molar-refractivity contribution in [2.75, 3.05) is 19.6 Å². The highest BCUT2D eigenvalue weighted by Crippen LogP contribution is 2.47. The van der Waals surface area contributed by atoms with Crippen molar-refractivity contribution in [3.63, 3.8) is 0 Å². The van der Waals surface area contributed by atoms with Crippen LogP contribution in [0.1, 0.15) is 37.7 Å². The summed E-state index contributed by atoms with van der Waals surface area (Å²) in [4.78, 5) is 13.1. The average Bonchev–Trinajstić information content (AvgIpc) is 3.14. The van der Waals surface area contributed by atoms with Gasteiger partial charge in [0.05, 0.1) is 0 Å². The zero-order valence-corrected chi connectivity index (χ0v) is 15.5. The predicted octanol–water partition coefficient (Wildman–Crippen LogP) is 2.67. The summed E-state index contributed by atoms with van der Waals surface area (Å²) in [6, 6.07) is 8.56. The number of nitrogens with one attached hydrogen (secondary N) is 2. The number of aliphatic hydroxyl groups is 1. The van der Waals surface area contributed by atoms with E-state index in [1.807, 2.05) is 0 Å². The summed E-state index contributed by atoms with van der Waals surface area (Å²) in [5, 5.41) is 17.8. The molecule has 6 heteroatoms. The topological polar surface area (TPSA) is 61.4 Å². The van der Waals surface area contributed by atoms with Gasteiger partial charge in [-0.2, -0.15) is 0 Å². The summed E-state index contributed by atoms with van der Waals surface area (Å²) in [5.41, 5.74) is -1.51. The highest BCUT2D eigenvalue weighted by Gasteiger charge is 2.53. The Kier molecular flexibility index (Phi) is 4.97. The molecule has 1 aromatic rings. The lowest BCUT2D eigenvalue weighted by atomic mass is 9.78. The molecule has 0 aromatic heterocycles. The van der Waals surface area contributed by atoms with Gasteiger partial charge in [-0.05, 0) is 55.7 Å². The first-order valence-electron chi connectivity index (χ1n) is 10.0. The van der Waals surface area contributed by atoms with Crippen LogP contribution in [0.2, 0.25) is 0 Å². The van der Waals surface area contributed by atoms with Crippen LogP contribution in [-0.4, -0.2) is 36.6 Å². The number of hydrogen-bond acceptors (Lipinski definition) is 3. The smallest absolute Gasteiger partial charge is 0.256 e. The lowest BCUT2D eigenvalue weighted by molar-refractivity contribution is -0.149. The normalized spacial score (nSPS) is 34.2. The lowest BCUT2D eigenvalue weighted by Crippen LogP contribution is -2.52. The van der Waals surface area contributed by atoms with Crippen molar-refractivity contribution in [3.05, 3.63) is 35.9 Å². The van der Waals surface area contributed by atoms with E-state index in [1.165, 1.54) is 0 Å². The molecule has 4 atom stereocenters. The van der Waals surface area contributed by atoms with Crippen LogP contribution in [0.25, 0.3) is 0 Å². The van der Waals surface area contributed by atoms with Crippen molar-refractivity contribution in [3.8, 4) is 0 Å². The summed E-state index contributed by atoms with van der Waals surface area (Å²) in [6.07, 6.45) is 1.74. The van der Waals surface area contributed by atoms with E-state index in [4.69, 9.17) is 0 Å².